The van der Waals surface area contributed by atoms with Crippen molar-refractivity contribution >= 4 is 51.7 Å². The highest BCUT2D eigenvalue weighted by atomic mass is 16.3. The number of rotatable bonds is 13. The summed E-state index contributed by atoms with van der Waals surface area (Å²) < 4.78 is 7.20. The number of carbonyl (C=O) groups is 3. The van der Waals surface area contributed by atoms with Gasteiger partial charge in [0, 0.05) is 31.7 Å². The predicted molar refractivity (Wildman–Crippen MR) is 200 cm³/mol. The Labute approximate surface area is 301 Å². The van der Waals surface area contributed by atoms with Crippen molar-refractivity contribution in [3.8, 4) is 0 Å². The Morgan fingerprint density at radius 1 is 0.750 bits per heavy atom. The first kappa shape index (κ1) is 37.4. The summed E-state index contributed by atoms with van der Waals surface area (Å²) in [5.74, 6) is -0.497. The van der Waals surface area contributed by atoms with Gasteiger partial charge in [0.05, 0.1) is 40.1 Å². The van der Waals surface area contributed by atoms with E-state index in [2.05, 4.69) is 25.8 Å². The summed E-state index contributed by atoms with van der Waals surface area (Å²) in [5.41, 5.74) is 12.6. The average molecular weight is 710 g/mol. The maximum absolute atomic E-state index is 13.4. The highest BCUT2D eigenvalue weighted by Crippen LogP contribution is 2.27. The first-order chi connectivity index (χ1) is 25.0. The van der Waals surface area contributed by atoms with Crippen LogP contribution in [0.2, 0.25) is 0 Å². The van der Waals surface area contributed by atoms with Gasteiger partial charge in [-0.15, -0.1) is 0 Å². The number of carbonyl (C=O) groups excluding carboxylic acids is 3. The lowest BCUT2D eigenvalue weighted by Crippen LogP contribution is -2.20. The molecule has 0 fully saturated rings. The van der Waals surface area contributed by atoms with Crippen LogP contribution in [0.25, 0.3) is 22.1 Å². The van der Waals surface area contributed by atoms with E-state index in [4.69, 9.17) is 10.7 Å². The number of primary amides is 1. The highest BCUT2D eigenvalue weighted by molar-refractivity contribution is 6.04. The number of fused-ring (bicyclic) bond motifs is 2. The van der Waals surface area contributed by atoms with Gasteiger partial charge < -0.3 is 20.0 Å². The average Bonchev–Trinajstić information content (AvgIpc) is 3.89. The fourth-order valence-corrected chi connectivity index (χ4v) is 6.37. The second-order valence-corrected chi connectivity index (χ2v) is 12.3. The van der Waals surface area contributed by atoms with Crippen LogP contribution in [-0.4, -0.2) is 61.5 Å². The van der Waals surface area contributed by atoms with E-state index in [1.165, 1.54) is 0 Å². The van der Waals surface area contributed by atoms with Crippen molar-refractivity contribution < 1.29 is 19.5 Å². The number of nitrogens with two attached hydrogens (primary N) is 1. The molecule has 2 aromatic carbocycles. The van der Waals surface area contributed by atoms with Gasteiger partial charge >= 0.3 is 0 Å². The molecule has 0 spiro atoms. The quantitative estimate of drug-likeness (QED) is 0.115. The van der Waals surface area contributed by atoms with Crippen molar-refractivity contribution in [1.29, 1.82) is 0 Å². The first-order valence-electron chi connectivity index (χ1n) is 17.6. The number of aromatic nitrogens is 8. The standard InChI is InChI=1S/C35H41N11O4.C2H6/c1-6-45-28(15-21(4)41-45)32(49)39-34-37-25-18-24(31(36)48)10-11-27(25)43(34)12-8-9-13-44-30-20(3)14-23(19-47)17-26(30)38-35(44)40-33(50)29-16-22(5)42-46(29)7-2;1-2/h10-11,14-18,47H,6-9,12-13,19H2,1-5H3,(H2,36,48)(H,37,39,49)(H,38,40,50);1-2H3. The number of aliphatic hydroxyl groups excluding tert-OH is 1. The molecule has 5 N–H and O–H groups in total. The summed E-state index contributed by atoms with van der Waals surface area (Å²) in [6.07, 6.45) is 1.34. The van der Waals surface area contributed by atoms with Crippen LogP contribution in [0.4, 0.5) is 11.9 Å². The molecule has 4 aromatic heterocycles. The number of unbranched alkanes of at least 4 members (excludes halogenated alkanes) is 1. The topological polar surface area (TPSA) is 193 Å². The summed E-state index contributed by atoms with van der Waals surface area (Å²) in [6.45, 7) is 15.4. The molecule has 6 rings (SSSR count). The van der Waals surface area contributed by atoms with Gasteiger partial charge in [0.2, 0.25) is 17.8 Å². The van der Waals surface area contributed by atoms with Crippen molar-refractivity contribution in [1.82, 2.24) is 38.7 Å². The van der Waals surface area contributed by atoms with Gasteiger partial charge in [-0.05, 0) is 95.0 Å². The second kappa shape index (κ2) is 16.0. The molecular formula is C37H47N11O4. The maximum atomic E-state index is 13.4. The summed E-state index contributed by atoms with van der Waals surface area (Å²) in [7, 11) is 0. The third-order valence-corrected chi connectivity index (χ3v) is 8.64. The van der Waals surface area contributed by atoms with Gasteiger partial charge in [-0.3, -0.25) is 34.4 Å². The molecule has 274 valence electrons. The molecule has 0 saturated carbocycles. The van der Waals surface area contributed by atoms with E-state index < -0.39 is 5.91 Å². The minimum Gasteiger partial charge on any atom is -0.392 e. The Morgan fingerprint density at radius 2 is 1.29 bits per heavy atom. The number of aliphatic hydroxyl groups is 1. The maximum Gasteiger partial charge on any atom is 0.276 e. The largest absolute Gasteiger partial charge is 0.392 e. The number of nitrogens with one attached hydrogen (secondary N) is 2. The molecule has 4 heterocycles. The molecule has 15 nitrogen and oxygen atoms in total. The third-order valence-electron chi connectivity index (χ3n) is 8.64. The molecule has 0 radical (unpaired) electrons. The van der Waals surface area contributed by atoms with Gasteiger partial charge in [0.15, 0.2) is 0 Å². The highest BCUT2D eigenvalue weighted by Gasteiger charge is 2.21. The lowest BCUT2D eigenvalue weighted by atomic mass is 10.1. The fraction of sp³-hybridized carbons (Fsp3) is 0.378. The first-order valence-corrected chi connectivity index (χ1v) is 17.6. The molecule has 0 unspecified atom stereocenters. The van der Waals surface area contributed by atoms with Crippen molar-refractivity contribution in [3.63, 3.8) is 0 Å². The van der Waals surface area contributed by atoms with Crippen molar-refractivity contribution in [2.45, 2.75) is 94.1 Å². The summed E-state index contributed by atoms with van der Waals surface area (Å²) in [6, 6.07) is 12.3. The number of amides is 3. The summed E-state index contributed by atoms with van der Waals surface area (Å²) >= 11 is 0. The van der Waals surface area contributed by atoms with E-state index >= 15 is 0 Å². The second-order valence-electron chi connectivity index (χ2n) is 12.3. The zero-order chi connectivity index (χ0) is 37.7. The van der Waals surface area contributed by atoms with E-state index in [1.54, 1.807) is 39.7 Å². The monoisotopic (exact) mass is 709 g/mol. The Morgan fingerprint density at radius 3 is 1.83 bits per heavy atom. The molecule has 15 heteroatoms. The normalized spacial score (nSPS) is 11.2. The lowest BCUT2D eigenvalue weighted by Gasteiger charge is -2.13. The van der Waals surface area contributed by atoms with Crippen molar-refractivity contribution in [3.05, 3.63) is 81.9 Å². The van der Waals surface area contributed by atoms with Crippen LogP contribution in [0.15, 0.2) is 42.5 Å². The van der Waals surface area contributed by atoms with Crippen LogP contribution in [0.3, 0.4) is 0 Å². The van der Waals surface area contributed by atoms with Crippen molar-refractivity contribution in [2.24, 2.45) is 5.73 Å². The van der Waals surface area contributed by atoms with E-state index in [0.29, 0.717) is 78.9 Å². The van der Waals surface area contributed by atoms with E-state index in [1.807, 2.05) is 69.7 Å². The number of nitrogens with zero attached hydrogens (tertiary/aromatic N) is 8. The molecule has 6 aromatic rings. The predicted octanol–water partition coefficient (Wildman–Crippen LogP) is 5.35. The van der Waals surface area contributed by atoms with Crippen LogP contribution in [0.5, 0.6) is 0 Å². The molecule has 52 heavy (non-hydrogen) atoms. The van der Waals surface area contributed by atoms with Crippen molar-refractivity contribution in [2.75, 3.05) is 10.6 Å². The molecule has 0 aliphatic carbocycles. The molecule has 3 amide bonds. The van der Waals surface area contributed by atoms with Gasteiger partial charge in [0.1, 0.15) is 11.4 Å². The Balaban J connectivity index is 0.00000257. The molecular weight excluding hydrogens is 662 g/mol. The molecule has 0 aliphatic heterocycles. The minimum absolute atomic E-state index is 0.126. The Bertz CT molecular complexity index is 2260. The zero-order valence-corrected chi connectivity index (χ0v) is 30.8. The summed E-state index contributed by atoms with van der Waals surface area (Å²) in [4.78, 5) is 48.2. The van der Waals surface area contributed by atoms with Gasteiger partial charge in [-0.25, -0.2) is 9.97 Å². The summed E-state index contributed by atoms with van der Waals surface area (Å²) in [5, 5.41) is 24.6. The number of hydrogen-bond acceptors (Lipinski definition) is 8. The Kier molecular flexibility index (Phi) is 11.5. The number of imidazole rings is 2. The SMILES string of the molecule is CC.CCn1nc(C)cc1C(=O)Nc1nc2cc(C(N)=O)ccc2n1CCCCn1c(NC(=O)c2cc(C)nn2CC)nc2cc(CO)cc(C)c21. The number of aryl methyl sites for hydroxylation is 7. The number of benzene rings is 2. The van der Waals surface area contributed by atoms with Crippen LogP contribution in [0, 0.1) is 20.8 Å². The van der Waals surface area contributed by atoms with Crippen LogP contribution in [0.1, 0.15) is 94.4 Å². The van der Waals surface area contributed by atoms with Gasteiger partial charge in [-0.2, -0.15) is 10.2 Å². The van der Waals surface area contributed by atoms with E-state index in [9.17, 15) is 19.5 Å². The third kappa shape index (κ3) is 7.59. The smallest absolute Gasteiger partial charge is 0.276 e. The Hall–Kier alpha value is -5.83. The van der Waals surface area contributed by atoms with Gasteiger partial charge in [-0.1, -0.05) is 19.9 Å². The molecule has 0 bridgehead atoms. The molecule has 0 saturated heterocycles. The van der Waals surface area contributed by atoms with E-state index in [-0.39, 0.29) is 18.4 Å². The van der Waals surface area contributed by atoms with Crippen LogP contribution >= 0.6 is 0 Å². The lowest BCUT2D eigenvalue weighted by molar-refractivity contribution is 0.0995. The van der Waals surface area contributed by atoms with Crippen LogP contribution < -0.4 is 16.4 Å². The van der Waals surface area contributed by atoms with E-state index in [0.717, 1.165) is 33.5 Å². The molecule has 0 aliphatic rings. The molecule has 0 atom stereocenters. The number of anilines is 2. The van der Waals surface area contributed by atoms with Gasteiger partial charge in [0.25, 0.3) is 11.8 Å². The fourth-order valence-electron chi connectivity index (χ4n) is 6.37. The number of hydrogen-bond donors (Lipinski definition) is 4. The van der Waals surface area contributed by atoms with Crippen LogP contribution in [-0.2, 0) is 32.8 Å². The minimum atomic E-state index is -0.569. The zero-order valence-electron chi connectivity index (χ0n) is 30.8.